The van der Waals surface area contributed by atoms with Crippen molar-refractivity contribution in [3.63, 3.8) is 0 Å². The maximum absolute atomic E-state index is 2.54. The molecular formula is C30H62. The monoisotopic (exact) mass is 422 g/mol. The second-order valence-corrected chi connectivity index (χ2v) is 12.8. The number of rotatable bonds is 13. The quantitative estimate of drug-likeness (QED) is 0.277. The molecule has 12 atom stereocenters. The molecule has 0 nitrogen and oxygen atoms in total. The summed E-state index contributed by atoms with van der Waals surface area (Å²) >= 11 is 0. The SMILES string of the molecule is CC(C)[C@@H](C)[C@@H](C)[C@@H](C)[C@@H](C)[C@@H](C)[C@H](C)[C@@H](C)[C@@H](C)[C@@H](C)[C@@H](C)[C@@H](C)[C@@H](C)C(C)C. The van der Waals surface area contributed by atoms with E-state index in [9.17, 15) is 0 Å². The maximum atomic E-state index is 2.54. The molecule has 0 aliphatic rings. The van der Waals surface area contributed by atoms with Gasteiger partial charge in [-0.15, -0.1) is 0 Å². The molecule has 0 radical (unpaired) electrons. The van der Waals surface area contributed by atoms with Crippen molar-refractivity contribution in [3.8, 4) is 0 Å². The molecule has 0 saturated carbocycles. The van der Waals surface area contributed by atoms with Gasteiger partial charge in [0, 0.05) is 0 Å². The highest BCUT2D eigenvalue weighted by Crippen LogP contribution is 2.43. The lowest BCUT2D eigenvalue weighted by Crippen LogP contribution is -2.36. The molecule has 0 aromatic rings. The lowest BCUT2D eigenvalue weighted by Gasteiger charge is -2.42. The van der Waals surface area contributed by atoms with Gasteiger partial charge < -0.3 is 0 Å². The summed E-state index contributed by atoms with van der Waals surface area (Å²) in [6.07, 6.45) is 0. The molecular weight excluding hydrogens is 360 g/mol. The van der Waals surface area contributed by atoms with E-state index in [1.54, 1.807) is 0 Å². The van der Waals surface area contributed by atoms with Crippen molar-refractivity contribution in [2.75, 3.05) is 0 Å². The molecule has 0 saturated heterocycles. The lowest BCUT2D eigenvalue weighted by atomic mass is 9.63. The third kappa shape index (κ3) is 7.55. The molecule has 0 aromatic heterocycles. The predicted octanol–water partition coefficient (Wildman–Crippen LogP) is 9.93. The molecule has 30 heavy (non-hydrogen) atoms. The van der Waals surface area contributed by atoms with Gasteiger partial charge in [0.1, 0.15) is 0 Å². The van der Waals surface area contributed by atoms with Crippen LogP contribution in [0, 0.1) is 82.9 Å². The minimum absolute atomic E-state index is 0.770. The van der Waals surface area contributed by atoms with Crippen LogP contribution in [0.5, 0.6) is 0 Å². The third-order valence-electron chi connectivity index (χ3n) is 11.2. The summed E-state index contributed by atoms with van der Waals surface area (Å²) in [7, 11) is 0. The zero-order valence-corrected chi connectivity index (χ0v) is 24.1. The zero-order valence-electron chi connectivity index (χ0n) is 24.1. The van der Waals surface area contributed by atoms with E-state index in [-0.39, 0.29) is 0 Å². The van der Waals surface area contributed by atoms with Crippen LogP contribution in [-0.4, -0.2) is 0 Å². The van der Waals surface area contributed by atoms with Crippen LogP contribution in [0.4, 0.5) is 0 Å². The zero-order chi connectivity index (χ0) is 24.1. The van der Waals surface area contributed by atoms with Crippen molar-refractivity contribution in [1.29, 1.82) is 0 Å². The summed E-state index contributed by atoms with van der Waals surface area (Å²) in [5.41, 5.74) is 0. The van der Waals surface area contributed by atoms with Gasteiger partial charge in [0.25, 0.3) is 0 Å². The first-order chi connectivity index (χ1) is 13.6. The van der Waals surface area contributed by atoms with E-state index in [1.165, 1.54) is 0 Å². The first-order valence-electron chi connectivity index (χ1n) is 13.6. The first kappa shape index (κ1) is 30.0. The lowest BCUT2D eigenvalue weighted by molar-refractivity contribution is 0.0618. The summed E-state index contributed by atoms with van der Waals surface area (Å²) in [5.74, 6) is 10.9. The van der Waals surface area contributed by atoms with Gasteiger partial charge in [0.2, 0.25) is 0 Å². The molecule has 0 aromatic carbocycles. The number of hydrogen-bond acceptors (Lipinski definition) is 0. The van der Waals surface area contributed by atoms with Gasteiger partial charge in [-0.3, -0.25) is 0 Å². The summed E-state index contributed by atoms with van der Waals surface area (Å²) in [4.78, 5) is 0. The Morgan fingerprint density at radius 2 is 0.267 bits per heavy atom. The standard InChI is InChI=1S/C30H62/c1-17(2)19(5)21(7)23(9)25(11)27(13)29(15)30(16)28(14)26(12)24(10)22(8)20(6)18(3)4/h17-30H,1-16H3/t19-,20+,21-,22+,23-,24+,25-,26+,27-,28+,29-,30-/m0/s1. The Morgan fingerprint density at radius 3 is 0.367 bits per heavy atom. The van der Waals surface area contributed by atoms with Crippen LogP contribution in [0.1, 0.15) is 111 Å². The molecule has 0 amide bonds. The summed E-state index contributed by atoms with van der Waals surface area (Å²) in [5, 5.41) is 0. The van der Waals surface area contributed by atoms with Gasteiger partial charge in [0.15, 0.2) is 0 Å². The van der Waals surface area contributed by atoms with E-state index in [2.05, 4.69) is 111 Å². The van der Waals surface area contributed by atoms with Crippen LogP contribution in [0.2, 0.25) is 0 Å². The Labute approximate surface area is 193 Å². The largest absolute Gasteiger partial charge is 0.0625 e. The average Bonchev–Trinajstić information content (AvgIpc) is 2.72. The van der Waals surface area contributed by atoms with Crippen molar-refractivity contribution in [1.82, 2.24) is 0 Å². The predicted molar refractivity (Wildman–Crippen MR) is 140 cm³/mol. The highest BCUT2D eigenvalue weighted by Gasteiger charge is 2.36. The van der Waals surface area contributed by atoms with Crippen molar-refractivity contribution in [2.24, 2.45) is 82.9 Å². The second-order valence-electron chi connectivity index (χ2n) is 12.8. The van der Waals surface area contributed by atoms with Gasteiger partial charge in [-0.25, -0.2) is 0 Å². The molecule has 182 valence electrons. The minimum atomic E-state index is 0.770. The Morgan fingerprint density at radius 1 is 0.167 bits per heavy atom. The first-order valence-corrected chi connectivity index (χ1v) is 13.6. The Hall–Kier alpha value is 0. The van der Waals surface area contributed by atoms with Crippen molar-refractivity contribution in [3.05, 3.63) is 0 Å². The van der Waals surface area contributed by atoms with Crippen molar-refractivity contribution in [2.45, 2.75) is 111 Å². The van der Waals surface area contributed by atoms with E-state index in [1.807, 2.05) is 0 Å². The molecule has 0 aliphatic carbocycles. The van der Waals surface area contributed by atoms with Crippen LogP contribution < -0.4 is 0 Å². The van der Waals surface area contributed by atoms with E-state index >= 15 is 0 Å². The summed E-state index contributed by atoms with van der Waals surface area (Å²) < 4.78 is 0. The average molecular weight is 423 g/mol. The van der Waals surface area contributed by atoms with Crippen molar-refractivity contribution < 1.29 is 0 Å². The minimum Gasteiger partial charge on any atom is -0.0625 e. The number of hydrogen-bond donors (Lipinski definition) is 0. The van der Waals surface area contributed by atoms with Gasteiger partial charge >= 0.3 is 0 Å². The molecule has 0 bridgehead atoms. The van der Waals surface area contributed by atoms with Crippen molar-refractivity contribution >= 4 is 0 Å². The Bertz CT molecular complexity index is 407. The molecule has 0 heterocycles. The molecule has 0 N–H and O–H groups in total. The second kappa shape index (κ2) is 12.9. The van der Waals surface area contributed by atoms with E-state index in [0.29, 0.717) is 0 Å². The Kier molecular flexibility index (Phi) is 12.9. The highest BCUT2D eigenvalue weighted by atomic mass is 14.4. The van der Waals surface area contributed by atoms with Crippen LogP contribution >= 0.6 is 0 Å². The molecule has 0 rings (SSSR count). The molecule has 0 heteroatoms. The van der Waals surface area contributed by atoms with Gasteiger partial charge in [-0.2, -0.15) is 0 Å². The molecule has 0 fully saturated rings. The molecule has 0 unspecified atom stereocenters. The summed E-state index contributed by atoms with van der Waals surface area (Å²) in [6, 6.07) is 0. The van der Waals surface area contributed by atoms with Crippen LogP contribution in [0.3, 0.4) is 0 Å². The third-order valence-corrected chi connectivity index (χ3v) is 11.2. The van der Waals surface area contributed by atoms with Gasteiger partial charge in [-0.05, 0) is 82.9 Å². The fraction of sp³-hybridized carbons (Fsp3) is 1.00. The molecule has 0 aliphatic heterocycles. The van der Waals surface area contributed by atoms with E-state index in [4.69, 9.17) is 0 Å². The normalized spacial score (nSPS) is 25.0. The fourth-order valence-electron chi connectivity index (χ4n) is 6.00. The van der Waals surface area contributed by atoms with Crippen LogP contribution in [0.15, 0.2) is 0 Å². The van der Waals surface area contributed by atoms with E-state index < -0.39 is 0 Å². The molecule has 0 spiro atoms. The van der Waals surface area contributed by atoms with Crippen LogP contribution in [0.25, 0.3) is 0 Å². The van der Waals surface area contributed by atoms with Gasteiger partial charge in [-0.1, -0.05) is 111 Å². The fourth-order valence-corrected chi connectivity index (χ4v) is 6.00. The summed E-state index contributed by atoms with van der Waals surface area (Å²) in [6.45, 7) is 39.7. The van der Waals surface area contributed by atoms with Gasteiger partial charge in [0.05, 0.1) is 0 Å². The van der Waals surface area contributed by atoms with Crippen LogP contribution in [-0.2, 0) is 0 Å². The topological polar surface area (TPSA) is 0 Å². The van der Waals surface area contributed by atoms with E-state index in [0.717, 1.165) is 82.9 Å². The Balaban J connectivity index is 5.17. The highest BCUT2D eigenvalue weighted by molar-refractivity contribution is 4.85. The maximum Gasteiger partial charge on any atom is -0.0386 e. The smallest absolute Gasteiger partial charge is 0.0386 e.